The van der Waals surface area contributed by atoms with Gasteiger partial charge < -0.3 is 9.80 Å². The Bertz CT molecular complexity index is 470. The highest BCUT2D eigenvalue weighted by molar-refractivity contribution is 5.78. The maximum atomic E-state index is 11.5. The van der Waals surface area contributed by atoms with Crippen LogP contribution >= 0.6 is 0 Å². The van der Waals surface area contributed by atoms with Crippen molar-refractivity contribution in [2.75, 3.05) is 27.2 Å². The Morgan fingerprint density at radius 2 is 2.32 bits per heavy atom. The predicted molar refractivity (Wildman–Crippen MR) is 78.6 cm³/mol. The molecule has 0 N–H and O–H groups in total. The van der Waals surface area contributed by atoms with Crippen LogP contribution in [0.4, 0.5) is 0 Å². The molecule has 19 heavy (non-hydrogen) atoms. The molecule has 3 heteroatoms. The van der Waals surface area contributed by atoms with E-state index in [2.05, 4.69) is 42.8 Å². The van der Waals surface area contributed by atoms with Crippen LogP contribution in [0.25, 0.3) is 6.08 Å². The lowest BCUT2D eigenvalue weighted by Crippen LogP contribution is -2.27. The van der Waals surface area contributed by atoms with E-state index < -0.39 is 0 Å². The first-order valence-corrected chi connectivity index (χ1v) is 6.72. The molecule has 1 unspecified atom stereocenters. The van der Waals surface area contributed by atoms with Gasteiger partial charge in [-0.2, -0.15) is 0 Å². The quantitative estimate of drug-likeness (QED) is 0.808. The summed E-state index contributed by atoms with van der Waals surface area (Å²) >= 11 is 0. The summed E-state index contributed by atoms with van der Waals surface area (Å²) in [6.07, 6.45) is 2.56. The molecule has 1 atom stereocenters. The fourth-order valence-corrected chi connectivity index (χ4v) is 2.71. The Morgan fingerprint density at radius 1 is 1.53 bits per heavy atom. The van der Waals surface area contributed by atoms with Crippen LogP contribution in [-0.4, -0.2) is 42.9 Å². The number of carbonyl (C=O) groups excluding carboxylic acids is 1. The van der Waals surface area contributed by atoms with Crippen LogP contribution in [0.5, 0.6) is 0 Å². The zero-order chi connectivity index (χ0) is 13.8. The van der Waals surface area contributed by atoms with Crippen molar-refractivity contribution in [2.45, 2.75) is 13.0 Å². The van der Waals surface area contributed by atoms with Crippen LogP contribution < -0.4 is 0 Å². The van der Waals surface area contributed by atoms with E-state index in [0.717, 1.165) is 25.2 Å². The topological polar surface area (TPSA) is 23.6 Å². The minimum absolute atomic E-state index is 0.270. The van der Waals surface area contributed by atoms with Gasteiger partial charge in [0.25, 0.3) is 0 Å². The van der Waals surface area contributed by atoms with Crippen molar-refractivity contribution in [3.8, 4) is 0 Å². The van der Waals surface area contributed by atoms with E-state index in [1.807, 2.05) is 18.0 Å². The molecular formula is C16H22N2O. The molecule has 1 heterocycles. The molecule has 0 spiro atoms. The van der Waals surface area contributed by atoms with Crippen molar-refractivity contribution in [1.82, 2.24) is 9.80 Å². The first-order chi connectivity index (χ1) is 9.08. The van der Waals surface area contributed by atoms with Crippen molar-refractivity contribution in [3.63, 3.8) is 0 Å². The monoisotopic (exact) mass is 258 g/mol. The van der Waals surface area contributed by atoms with Crippen LogP contribution in [-0.2, 0) is 11.3 Å². The number of amides is 1. The molecule has 1 aliphatic heterocycles. The standard InChI is InChI=1S/C16H22N2O/c1-4-13-6-5-7-14(8-13)10-17(2)11-15-9-16(19)18(3)12-15/h4-8,15H,1,9-12H2,2-3H3. The number of rotatable bonds is 5. The molecule has 0 bridgehead atoms. The van der Waals surface area contributed by atoms with Gasteiger partial charge in [-0.15, -0.1) is 0 Å². The van der Waals surface area contributed by atoms with Gasteiger partial charge in [0.05, 0.1) is 0 Å². The van der Waals surface area contributed by atoms with Crippen LogP contribution in [0.3, 0.4) is 0 Å². The van der Waals surface area contributed by atoms with Gasteiger partial charge in [-0.05, 0) is 24.1 Å². The molecule has 1 fully saturated rings. The Kier molecular flexibility index (Phi) is 4.38. The van der Waals surface area contributed by atoms with E-state index in [4.69, 9.17) is 0 Å². The number of carbonyl (C=O) groups is 1. The van der Waals surface area contributed by atoms with Gasteiger partial charge in [0, 0.05) is 33.1 Å². The summed E-state index contributed by atoms with van der Waals surface area (Å²) in [5.74, 6) is 0.733. The molecule has 2 rings (SSSR count). The fraction of sp³-hybridized carbons (Fsp3) is 0.438. The molecular weight excluding hydrogens is 236 g/mol. The molecule has 0 aliphatic carbocycles. The number of hydrogen-bond donors (Lipinski definition) is 0. The molecule has 3 nitrogen and oxygen atoms in total. The Morgan fingerprint density at radius 3 is 2.95 bits per heavy atom. The number of hydrogen-bond acceptors (Lipinski definition) is 2. The maximum absolute atomic E-state index is 11.5. The molecule has 0 saturated carbocycles. The largest absolute Gasteiger partial charge is 0.345 e. The summed E-state index contributed by atoms with van der Waals surface area (Å²) in [6, 6.07) is 8.42. The number of likely N-dealkylation sites (tertiary alicyclic amines) is 1. The fourth-order valence-electron chi connectivity index (χ4n) is 2.71. The molecule has 1 aromatic rings. The average Bonchev–Trinajstić information content (AvgIpc) is 2.68. The maximum Gasteiger partial charge on any atom is 0.222 e. The Hall–Kier alpha value is -1.61. The molecule has 1 aliphatic rings. The summed E-state index contributed by atoms with van der Waals surface area (Å²) in [5, 5.41) is 0. The van der Waals surface area contributed by atoms with Gasteiger partial charge in [-0.1, -0.05) is 36.9 Å². The van der Waals surface area contributed by atoms with Gasteiger partial charge in [0.15, 0.2) is 0 Å². The Balaban J connectivity index is 1.88. The van der Waals surface area contributed by atoms with E-state index in [1.165, 1.54) is 5.56 Å². The van der Waals surface area contributed by atoms with E-state index in [0.29, 0.717) is 12.3 Å². The van der Waals surface area contributed by atoms with Crippen molar-refractivity contribution in [1.29, 1.82) is 0 Å². The highest BCUT2D eigenvalue weighted by Gasteiger charge is 2.27. The van der Waals surface area contributed by atoms with Gasteiger partial charge in [-0.3, -0.25) is 4.79 Å². The first kappa shape index (κ1) is 13.8. The SMILES string of the molecule is C=Cc1cccc(CN(C)CC2CC(=O)N(C)C2)c1. The lowest BCUT2D eigenvalue weighted by molar-refractivity contribution is -0.126. The third kappa shape index (κ3) is 3.67. The lowest BCUT2D eigenvalue weighted by atomic mass is 10.1. The van der Waals surface area contributed by atoms with Crippen molar-refractivity contribution < 1.29 is 4.79 Å². The number of benzene rings is 1. The number of nitrogens with zero attached hydrogens (tertiary/aromatic N) is 2. The van der Waals surface area contributed by atoms with Gasteiger partial charge in [-0.25, -0.2) is 0 Å². The summed E-state index contributed by atoms with van der Waals surface area (Å²) in [7, 11) is 4.00. The van der Waals surface area contributed by atoms with Gasteiger partial charge in [0.1, 0.15) is 0 Å². The van der Waals surface area contributed by atoms with Crippen molar-refractivity contribution in [3.05, 3.63) is 42.0 Å². The third-order valence-corrected chi connectivity index (χ3v) is 3.63. The normalized spacial score (nSPS) is 19.2. The summed E-state index contributed by atoms with van der Waals surface area (Å²) in [6.45, 7) is 6.56. The van der Waals surface area contributed by atoms with E-state index >= 15 is 0 Å². The van der Waals surface area contributed by atoms with E-state index in [9.17, 15) is 4.79 Å². The molecule has 102 valence electrons. The van der Waals surface area contributed by atoms with Crippen LogP contribution in [0, 0.1) is 5.92 Å². The average molecular weight is 258 g/mol. The zero-order valence-electron chi connectivity index (χ0n) is 11.8. The summed E-state index contributed by atoms with van der Waals surface area (Å²) in [5.41, 5.74) is 2.44. The van der Waals surface area contributed by atoms with E-state index in [-0.39, 0.29) is 5.91 Å². The minimum Gasteiger partial charge on any atom is -0.345 e. The smallest absolute Gasteiger partial charge is 0.222 e. The molecule has 1 amide bonds. The minimum atomic E-state index is 0.270. The molecule has 1 aromatic carbocycles. The molecule has 0 radical (unpaired) electrons. The highest BCUT2D eigenvalue weighted by atomic mass is 16.2. The summed E-state index contributed by atoms with van der Waals surface area (Å²) < 4.78 is 0. The first-order valence-electron chi connectivity index (χ1n) is 6.72. The van der Waals surface area contributed by atoms with Gasteiger partial charge in [0.2, 0.25) is 5.91 Å². The second-order valence-electron chi connectivity index (χ2n) is 5.49. The van der Waals surface area contributed by atoms with Crippen LogP contribution in [0.15, 0.2) is 30.8 Å². The van der Waals surface area contributed by atoms with Crippen LogP contribution in [0.1, 0.15) is 17.5 Å². The zero-order valence-corrected chi connectivity index (χ0v) is 11.8. The highest BCUT2D eigenvalue weighted by Crippen LogP contribution is 2.18. The predicted octanol–water partition coefficient (Wildman–Crippen LogP) is 2.24. The molecule has 1 saturated heterocycles. The molecule has 0 aromatic heterocycles. The van der Waals surface area contributed by atoms with Gasteiger partial charge >= 0.3 is 0 Å². The van der Waals surface area contributed by atoms with Crippen molar-refractivity contribution in [2.24, 2.45) is 5.92 Å². The lowest BCUT2D eigenvalue weighted by Gasteiger charge is -2.20. The Labute approximate surface area is 115 Å². The van der Waals surface area contributed by atoms with Crippen molar-refractivity contribution >= 4 is 12.0 Å². The second-order valence-corrected chi connectivity index (χ2v) is 5.49. The van der Waals surface area contributed by atoms with Crippen LogP contribution in [0.2, 0.25) is 0 Å². The second kappa shape index (κ2) is 6.02. The third-order valence-electron chi connectivity index (χ3n) is 3.63. The summed E-state index contributed by atoms with van der Waals surface area (Å²) in [4.78, 5) is 15.6. The van der Waals surface area contributed by atoms with E-state index in [1.54, 1.807) is 0 Å².